The summed E-state index contributed by atoms with van der Waals surface area (Å²) < 4.78 is 0. The molecule has 0 radical (unpaired) electrons. The number of benzene rings is 1. The van der Waals surface area contributed by atoms with Gasteiger partial charge in [-0.1, -0.05) is 44.2 Å². The van der Waals surface area contributed by atoms with Crippen molar-refractivity contribution in [2.45, 2.75) is 39.7 Å². The summed E-state index contributed by atoms with van der Waals surface area (Å²) in [6.07, 6.45) is 2.15. The van der Waals surface area contributed by atoms with Crippen molar-refractivity contribution < 1.29 is 14.4 Å². The lowest BCUT2D eigenvalue weighted by molar-refractivity contribution is -0.157. The average Bonchev–Trinajstić information content (AvgIpc) is 3.01. The third-order valence-corrected chi connectivity index (χ3v) is 8.50. The van der Waals surface area contributed by atoms with Crippen LogP contribution in [-0.4, -0.2) is 71.6 Å². The van der Waals surface area contributed by atoms with Crippen LogP contribution in [0.15, 0.2) is 30.3 Å². The first kappa shape index (κ1) is 24.4. The molecule has 0 aromatic heterocycles. The van der Waals surface area contributed by atoms with Crippen molar-refractivity contribution in [3.8, 4) is 0 Å². The van der Waals surface area contributed by atoms with E-state index < -0.39 is 5.92 Å². The van der Waals surface area contributed by atoms with Crippen LogP contribution in [0.25, 0.3) is 0 Å². The van der Waals surface area contributed by atoms with Crippen molar-refractivity contribution in [1.82, 2.24) is 14.7 Å². The van der Waals surface area contributed by atoms with E-state index in [0.717, 1.165) is 52.1 Å². The summed E-state index contributed by atoms with van der Waals surface area (Å²) in [4.78, 5) is 45.5. The minimum absolute atomic E-state index is 0. The molecule has 2 aliphatic heterocycles. The second-order valence-corrected chi connectivity index (χ2v) is 10.8. The number of fused-ring (bicyclic) bond motifs is 2. The molecule has 1 aromatic carbocycles. The molecule has 3 aliphatic carbocycles. The zero-order valence-electron chi connectivity index (χ0n) is 19.7. The Hall–Kier alpha value is -1.76. The summed E-state index contributed by atoms with van der Waals surface area (Å²) in [5, 5.41) is 0. The number of nitrogens with zero attached hydrogens (tertiary/aromatic N) is 3. The minimum Gasteiger partial charge on any atom is -0.301 e. The SMILES string of the molecule is CC1C[C@]2(C)CC(=O)[C@H]1C1C(=O)N(CCCN3CCN(Cc4ccccc4)CC3)C(=O)C12.Cl. The van der Waals surface area contributed by atoms with Crippen molar-refractivity contribution in [2.24, 2.45) is 29.1 Å². The molecular weight excluding hydrogens is 438 g/mol. The molecule has 7 heteroatoms. The van der Waals surface area contributed by atoms with Crippen LogP contribution in [-0.2, 0) is 20.9 Å². The standard InChI is InChI=1S/C26H35N3O3.ClH/c1-18-15-26(2)16-20(30)21(18)22-23(26)25(32)29(24(22)31)10-6-9-27-11-13-28(14-12-27)17-19-7-4-3-5-8-19;/h3-5,7-8,18,21-23H,6,9-17H2,1-2H3;1H/t18?,21-,22?,23?,26+;/m0./s1. The molecule has 3 unspecified atom stereocenters. The van der Waals surface area contributed by atoms with E-state index in [1.54, 1.807) is 0 Å². The molecular formula is C26H36ClN3O3. The Kier molecular flexibility index (Phi) is 7.00. The first-order valence-corrected chi connectivity index (χ1v) is 12.2. The summed E-state index contributed by atoms with van der Waals surface area (Å²) in [6.45, 7) is 10.6. The lowest BCUT2D eigenvalue weighted by atomic mass is 9.48. The lowest BCUT2D eigenvalue weighted by Crippen LogP contribution is -2.56. The maximum atomic E-state index is 13.2. The number of rotatable bonds is 6. The van der Waals surface area contributed by atoms with Crippen molar-refractivity contribution >= 4 is 30.0 Å². The molecule has 2 heterocycles. The monoisotopic (exact) mass is 473 g/mol. The summed E-state index contributed by atoms with van der Waals surface area (Å²) in [6, 6.07) is 10.6. The Balaban J connectivity index is 0.00000259. The number of carbonyl (C=O) groups is 3. The number of carbonyl (C=O) groups excluding carboxylic acids is 3. The van der Waals surface area contributed by atoms with Gasteiger partial charge in [-0.05, 0) is 36.3 Å². The van der Waals surface area contributed by atoms with E-state index in [2.05, 4.69) is 54.0 Å². The Morgan fingerprint density at radius 1 is 0.909 bits per heavy atom. The summed E-state index contributed by atoms with van der Waals surface area (Å²) >= 11 is 0. The highest BCUT2D eigenvalue weighted by molar-refractivity contribution is 6.09. The second kappa shape index (κ2) is 9.47. The van der Waals surface area contributed by atoms with Gasteiger partial charge in [-0.15, -0.1) is 12.4 Å². The number of likely N-dealkylation sites (tertiary alicyclic amines) is 1. The fourth-order valence-corrected chi connectivity index (χ4v) is 7.09. The molecule has 2 bridgehead atoms. The second-order valence-electron chi connectivity index (χ2n) is 10.8. The largest absolute Gasteiger partial charge is 0.301 e. The Labute approximate surface area is 203 Å². The smallest absolute Gasteiger partial charge is 0.233 e. The van der Waals surface area contributed by atoms with Gasteiger partial charge in [0.05, 0.1) is 11.8 Å². The van der Waals surface area contributed by atoms with Crippen LogP contribution in [0.3, 0.4) is 0 Å². The summed E-state index contributed by atoms with van der Waals surface area (Å²) in [5.74, 6) is -0.631. The Morgan fingerprint density at radius 3 is 2.24 bits per heavy atom. The van der Waals surface area contributed by atoms with Crippen LogP contribution >= 0.6 is 12.4 Å². The molecule has 33 heavy (non-hydrogen) atoms. The normalized spacial score (nSPS) is 34.5. The molecule has 3 saturated carbocycles. The van der Waals surface area contributed by atoms with Crippen molar-refractivity contribution in [1.29, 1.82) is 0 Å². The van der Waals surface area contributed by atoms with Crippen LogP contribution < -0.4 is 0 Å². The van der Waals surface area contributed by atoms with Crippen LogP contribution in [0.1, 0.15) is 38.7 Å². The highest BCUT2D eigenvalue weighted by Crippen LogP contribution is 2.60. The third kappa shape index (κ3) is 4.38. The molecule has 5 atom stereocenters. The third-order valence-electron chi connectivity index (χ3n) is 8.50. The topological polar surface area (TPSA) is 60.9 Å². The highest BCUT2D eigenvalue weighted by Gasteiger charge is 2.66. The number of Topliss-reactive ketones (excluding diaryl/α,β-unsaturated/α-hetero) is 1. The first-order chi connectivity index (χ1) is 15.4. The maximum absolute atomic E-state index is 13.2. The highest BCUT2D eigenvalue weighted by atomic mass is 35.5. The molecule has 5 fully saturated rings. The van der Waals surface area contributed by atoms with Gasteiger partial charge in [-0.25, -0.2) is 0 Å². The molecule has 5 aliphatic rings. The van der Waals surface area contributed by atoms with Crippen LogP contribution in [0.4, 0.5) is 0 Å². The van der Waals surface area contributed by atoms with E-state index in [1.807, 2.05) is 0 Å². The number of halogens is 1. The molecule has 0 N–H and O–H groups in total. The van der Waals surface area contributed by atoms with Gasteiger partial charge in [-0.2, -0.15) is 0 Å². The van der Waals surface area contributed by atoms with Gasteiger partial charge < -0.3 is 4.90 Å². The number of piperazine rings is 1. The van der Waals surface area contributed by atoms with E-state index >= 15 is 0 Å². The first-order valence-electron chi connectivity index (χ1n) is 12.2. The van der Waals surface area contributed by atoms with Gasteiger partial charge >= 0.3 is 0 Å². The molecule has 6 rings (SSSR count). The quantitative estimate of drug-likeness (QED) is 0.594. The average molecular weight is 474 g/mol. The number of imide groups is 1. The Morgan fingerprint density at radius 2 is 1.58 bits per heavy atom. The van der Waals surface area contributed by atoms with Crippen molar-refractivity contribution in [3.05, 3.63) is 35.9 Å². The molecule has 6 nitrogen and oxygen atoms in total. The molecule has 1 aromatic rings. The number of amides is 2. The van der Waals surface area contributed by atoms with E-state index in [-0.39, 0.29) is 53.2 Å². The van der Waals surface area contributed by atoms with E-state index in [4.69, 9.17) is 0 Å². The molecule has 180 valence electrons. The minimum atomic E-state index is -0.404. The predicted octanol–water partition coefficient (Wildman–Crippen LogP) is 2.85. The fraction of sp³-hybridized carbons (Fsp3) is 0.654. The van der Waals surface area contributed by atoms with E-state index in [9.17, 15) is 14.4 Å². The summed E-state index contributed by atoms with van der Waals surface area (Å²) in [7, 11) is 0. The van der Waals surface area contributed by atoms with Gasteiger partial charge in [0.15, 0.2) is 0 Å². The summed E-state index contributed by atoms with van der Waals surface area (Å²) in [5.41, 5.74) is 1.01. The van der Waals surface area contributed by atoms with Crippen molar-refractivity contribution in [2.75, 3.05) is 39.3 Å². The number of ketones is 1. The Bertz CT molecular complexity index is 901. The maximum Gasteiger partial charge on any atom is 0.233 e. The van der Waals surface area contributed by atoms with Gasteiger partial charge in [0.25, 0.3) is 0 Å². The van der Waals surface area contributed by atoms with Gasteiger partial charge in [0.2, 0.25) is 11.8 Å². The number of hydrogen-bond donors (Lipinski definition) is 0. The van der Waals surface area contributed by atoms with Crippen LogP contribution in [0.2, 0.25) is 0 Å². The van der Waals surface area contributed by atoms with Crippen LogP contribution in [0, 0.1) is 29.1 Å². The van der Waals surface area contributed by atoms with Crippen molar-refractivity contribution in [3.63, 3.8) is 0 Å². The zero-order valence-corrected chi connectivity index (χ0v) is 20.6. The van der Waals surface area contributed by atoms with Gasteiger partial charge in [0.1, 0.15) is 5.78 Å². The zero-order chi connectivity index (χ0) is 22.5. The molecule has 2 amide bonds. The van der Waals surface area contributed by atoms with Gasteiger partial charge in [0, 0.05) is 51.6 Å². The van der Waals surface area contributed by atoms with Gasteiger partial charge in [-0.3, -0.25) is 24.2 Å². The lowest BCUT2D eigenvalue weighted by Gasteiger charge is -2.52. The molecule has 0 spiro atoms. The predicted molar refractivity (Wildman–Crippen MR) is 129 cm³/mol. The fourth-order valence-electron chi connectivity index (χ4n) is 7.09. The number of hydrogen-bond acceptors (Lipinski definition) is 5. The molecule has 2 saturated heterocycles. The van der Waals surface area contributed by atoms with E-state index in [0.29, 0.717) is 13.0 Å². The van der Waals surface area contributed by atoms with Crippen LogP contribution in [0.5, 0.6) is 0 Å². The van der Waals surface area contributed by atoms with E-state index in [1.165, 1.54) is 10.5 Å².